The Hall–Kier alpha value is -2.30. The van der Waals surface area contributed by atoms with Crippen molar-refractivity contribution in [2.24, 2.45) is 5.92 Å². The fraction of sp³-hybridized carbons (Fsp3) is 0.500. The van der Waals surface area contributed by atoms with Gasteiger partial charge in [-0.15, -0.1) is 0 Å². The highest BCUT2D eigenvalue weighted by Gasteiger charge is 2.49. The van der Waals surface area contributed by atoms with Crippen LogP contribution in [-0.4, -0.2) is 67.3 Å². The number of carbonyl (C=O) groups excluding carboxylic acids is 1. The summed E-state index contributed by atoms with van der Waals surface area (Å²) in [5.41, 5.74) is 0.123. The molecule has 1 saturated carbocycles. The van der Waals surface area contributed by atoms with E-state index in [1.54, 1.807) is 12.1 Å². The second kappa shape index (κ2) is 11.6. The maximum absolute atomic E-state index is 12.9. The van der Waals surface area contributed by atoms with Crippen molar-refractivity contribution in [2.45, 2.75) is 55.6 Å². The van der Waals surface area contributed by atoms with Gasteiger partial charge in [0.2, 0.25) is 0 Å². The standard InChI is InChI=1S/C19H28NO3.C7H8O3S.H2O/c1-20(2)13-12-17(14-20)23-18(21)19(22,16-10-6-7-11-16)15-8-4-3-5-9-15;1-6-2-4-7(5-3-6)11(8,9)10;/h3-5,8-9,16-17,22H,6-7,10-14H2,1-2H3;2-5H,1H3,(H,8,9,10);1H2/q+1;;. The van der Waals surface area contributed by atoms with Gasteiger partial charge >= 0.3 is 5.97 Å². The normalized spacial score (nSPS) is 21.2. The molecule has 35 heavy (non-hydrogen) atoms. The van der Waals surface area contributed by atoms with Crippen LogP contribution < -0.4 is 0 Å². The monoisotopic (exact) mass is 508 g/mol. The molecular weight excluding hydrogens is 470 g/mol. The molecule has 0 amide bonds. The molecule has 8 nitrogen and oxygen atoms in total. The second-order valence-corrected chi connectivity index (χ2v) is 11.5. The van der Waals surface area contributed by atoms with Gasteiger partial charge in [0.25, 0.3) is 10.1 Å². The van der Waals surface area contributed by atoms with Gasteiger partial charge in [-0.2, -0.15) is 8.42 Å². The summed E-state index contributed by atoms with van der Waals surface area (Å²) >= 11 is 0. The summed E-state index contributed by atoms with van der Waals surface area (Å²) in [6.45, 7) is 3.67. The lowest BCUT2D eigenvalue weighted by molar-refractivity contribution is -0.879. The summed E-state index contributed by atoms with van der Waals surface area (Å²) in [6.07, 6.45) is 4.68. The minimum Gasteiger partial charge on any atom is -0.454 e. The number of likely N-dealkylation sites (N-methyl/N-ethyl adjacent to an activating group) is 1. The first-order chi connectivity index (χ1) is 15.9. The molecule has 2 fully saturated rings. The zero-order valence-electron chi connectivity index (χ0n) is 20.7. The largest absolute Gasteiger partial charge is 0.454 e. The summed E-state index contributed by atoms with van der Waals surface area (Å²) in [4.78, 5) is 12.9. The predicted octanol–water partition coefficient (Wildman–Crippen LogP) is 2.87. The molecule has 2 aromatic carbocycles. The molecule has 1 aliphatic heterocycles. The van der Waals surface area contributed by atoms with Crippen molar-refractivity contribution in [3.05, 3.63) is 65.7 Å². The first-order valence-electron chi connectivity index (χ1n) is 11.8. The summed E-state index contributed by atoms with van der Waals surface area (Å²) in [5, 5.41) is 11.4. The van der Waals surface area contributed by atoms with Gasteiger partial charge in [-0.25, -0.2) is 4.79 Å². The highest BCUT2D eigenvalue weighted by atomic mass is 32.2. The molecule has 1 heterocycles. The molecule has 1 saturated heterocycles. The second-order valence-electron chi connectivity index (χ2n) is 10.1. The lowest BCUT2D eigenvalue weighted by Gasteiger charge is -2.33. The smallest absolute Gasteiger partial charge is 0.343 e. The topological polar surface area (TPSA) is 132 Å². The number of rotatable bonds is 5. The highest BCUT2D eigenvalue weighted by molar-refractivity contribution is 7.85. The average molecular weight is 509 g/mol. The minimum absolute atomic E-state index is 0. The third-order valence-electron chi connectivity index (χ3n) is 6.82. The molecule has 0 spiro atoms. The van der Waals surface area contributed by atoms with Gasteiger partial charge < -0.3 is 19.8 Å². The molecule has 0 radical (unpaired) electrons. The van der Waals surface area contributed by atoms with Crippen molar-refractivity contribution in [3.8, 4) is 0 Å². The maximum atomic E-state index is 12.9. The quantitative estimate of drug-likeness (QED) is 0.363. The highest BCUT2D eigenvalue weighted by Crippen LogP contribution is 2.42. The van der Waals surface area contributed by atoms with E-state index in [1.807, 2.05) is 37.3 Å². The van der Waals surface area contributed by atoms with E-state index >= 15 is 0 Å². The molecule has 0 aromatic heterocycles. The zero-order valence-corrected chi connectivity index (χ0v) is 21.5. The van der Waals surface area contributed by atoms with Crippen LogP contribution in [-0.2, 0) is 25.3 Å². The summed E-state index contributed by atoms with van der Waals surface area (Å²) in [7, 11) is 0.274. The van der Waals surface area contributed by atoms with Crippen molar-refractivity contribution in [3.63, 3.8) is 0 Å². The first kappa shape index (κ1) is 28.9. The molecule has 2 unspecified atom stereocenters. The molecule has 2 aromatic rings. The lowest BCUT2D eigenvalue weighted by Crippen LogP contribution is -2.46. The van der Waals surface area contributed by atoms with Crippen LogP contribution in [0.4, 0.5) is 0 Å². The Balaban J connectivity index is 0.000000305. The van der Waals surface area contributed by atoms with E-state index in [4.69, 9.17) is 9.29 Å². The Labute approximate surface area is 208 Å². The summed E-state index contributed by atoms with van der Waals surface area (Å²) in [6, 6.07) is 15.3. The van der Waals surface area contributed by atoms with Crippen LogP contribution in [0.3, 0.4) is 0 Å². The Morgan fingerprint density at radius 1 is 1.00 bits per heavy atom. The van der Waals surface area contributed by atoms with Crippen molar-refractivity contribution in [1.29, 1.82) is 0 Å². The molecule has 2 atom stereocenters. The lowest BCUT2D eigenvalue weighted by atomic mass is 9.80. The number of aliphatic hydroxyl groups is 1. The van der Waals surface area contributed by atoms with Gasteiger partial charge in [0.15, 0.2) is 11.7 Å². The van der Waals surface area contributed by atoms with Crippen LogP contribution in [0, 0.1) is 12.8 Å². The van der Waals surface area contributed by atoms with Crippen molar-refractivity contribution in [2.75, 3.05) is 27.2 Å². The number of carbonyl (C=O) groups is 1. The van der Waals surface area contributed by atoms with Gasteiger partial charge in [0.05, 0.1) is 25.5 Å². The maximum Gasteiger partial charge on any atom is 0.343 e. The van der Waals surface area contributed by atoms with Crippen molar-refractivity contribution in [1.82, 2.24) is 0 Å². The number of hydrogen-bond acceptors (Lipinski definition) is 5. The molecule has 9 heteroatoms. The number of nitrogens with zero attached hydrogens (tertiary/aromatic N) is 1. The number of ether oxygens (including phenoxy) is 1. The van der Waals surface area contributed by atoms with Crippen LogP contribution in [0.5, 0.6) is 0 Å². The molecule has 1 aliphatic carbocycles. The molecule has 194 valence electrons. The fourth-order valence-electron chi connectivity index (χ4n) is 4.83. The van der Waals surface area contributed by atoms with E-state index in [0.717, 1.165) is 55.2 Å². The van der Waals surface area contributed by atoms with Gasteiger partial charge in [-0.1, -0.05) is 60.9 Å². The number of likely N-dealkylation sites (tertiary alicyclic amines) is 1. The van der Waals surface area contributed by atoms with E-state index in [-0.39, 0.29) is 22.4 Å². The summed E-state index contributed by atoms with van der Waals surface area (Å²) < 4.78 is 36.2. The van der Waals surface area contributed by atoms with Crippen LogP contribution >= 0.6 is 0 Å². The molecule has 2 aliphatic rings. The van der Waals surface area contributed by atoms with E-state index in [1.165, 1.54) is 12.1 Å². The van der Waals surface area contributed by atoms with Gasteiger partial charge in [0, 0.05) is 12.3 Å². The van der Waals surface area contributed by atoms with Crippen molar-refractivity contribution >= 4 is 16.1 Å². The Kier molecular flexibility index (Phi) is 9.61. The number of esters is 1. The average Bonchev–Trinajstić information content (AvgIpc) is 3.44. The Morgan fingerprint density at radius 2 is 1.57 bits per heavy atom. The van der Waals surface area contributed by atoms with Crippen LogP contribution in [0.15, 0.2) is 59.5 Å². The molecule has 4 rings (SSSR count). The number of quaternary nitrogens is 1. The van der Waals surface area contributed by atoms with Gasteiger partial charge in [-0.05, 0) is 37.5 Å². The Bertz CT molecular complexity index is 1060. The van der Waals surface area contributed by atoms with Crippen LogP contribution in [0.1, 0.15) is 43.2 Å². The van der Waals surface area contributed by atoms with E-state index < -0.39 is 21.7 Å². The third-order valence-corrected chi connectivity index (χ3v) is 7.69. The zero-order chi connectivity index (χ0) is 25.0. The van der Waals surface area contributed by atoms with Crippen LogP contribution in [0.25, 0.3) is 0 Å². The van der Waals surface area contributed by atoms with Gasteiger partial charge in [-0.3, -0.25) is 4.55 Å². The number of benzene rings is 2. The third kappa shape index (κ3) is 7.35. The minimum atomic E-state index is -4.02. The SMILES string of the molecule is C[N+]1(C)CCC(OC(=O)C(O)(c2ccccc2)C2CCCC2)C1.Cc1ccc(S(=O)(=O)O)cc1.O. The van der Waals surface area contributed by atoms with Crippen molar-refractivity contribution < 1.29 is 37.6 Å². The van der Waals surface area contributed by atoms with E-state index in [2.05, 4.69) is 14.1 Å². The first-order valence-corrected chi connectivity index (χ1v) is 13.2. The predicted molar refractivity (Wildman–Crippen MR) is 133 cm³/mol. The molecule has 0 bridgehead atoms. The number of hydrogen-bond donors (Lipinski definition) is 2. The van der Waals surface area contributed by atoms with Gasteiger partial charge in [0.1, 0.15) is 6.54 Å². The number of aryl methyl sites for hydroxylation is 1. The summed E-state index contributed by atoms with van der Waals surface area (Å²) in [5.74, 6) is -0.496. The van der Waals surface area contributed by atoms with E-state index in [9.17, 15) is 18.3 Å². The molecule has 4 N–H and O–H groups in total. The Morgan fingerprint density at radius 3 is 2.06 bits per heavy atom. The fourth-order valence-corrected chi connectivity index (χ4v) is 5.31. The van der Waals surface area contributed by atoms with E-state index in [0.29, 0.717) is 5.56 Å². The molecular formula is C26H38NO7S+. The van der Waals surface area contributed by atoms with Crippen LogP contribution in [0.2, 0.25) is 0 Å².